The first-order valence-electron chi connectivity index (χ1n) is 12.1. The molecule has 4 rings (SSSR count). The third-order valence-electron chi connectivity index (χ3n) is 7.12. The van der Waals surface area contributed by atoms with Crippen LogP contribution >= 0.6 is 0 Å². The highest BCUT2D eigenvalue weighted by molar-refractivity contribution is 7.89. The number of benzene rings is 1. The van der Waals surface area contributed by atoms with Crippen molar-refractivity contribution in [3.8, 4) is 5.75 Å². The number of hydrogen-bond donors (Lipinski definition) is 1. The fourth-order valence-electron chi connectivity index (χ4n) is 4.67. The smallest absolute Gasteiger partial charge is 0.247 e. The lowest BCUT2D eigenvalue weighted by Gasteiger charge is -2.37. The summed E-state index contributed by atoms with van der Waals surface area (Å²) in [5.74, 6) is 0.765. The van der Waals surface area contributed by atoms with Crippen LogP contribution in [0.15, 0.2) is 29.2 Å². The Balaban J connectivity index is 1.69. The Morgan fingerprint density at radius 1 is 1.33 bits per heavy atom. The number of likely N-dealkylation sites (N-methyl/N-ethyl adjacent to an activating group) is 1. The van der Waals surface area contributed by atoms with Crippen LogP contribution in [0.1, 0.15) is 57.9 Å². The highest BCUT2D eigenvalue weighted by Crippen LogP contribution is 2.38. The Morgan fingerprint density at radius 2 is 2.09 bits per heavy atom. The van der Waals surface area contributed by atoms with E-state index in [1.165, 1.54) is 9.88 Å². The summed E-state index contributed by atoms with van der Waals surface area (Å²) in [6.07, 6.45) is 7.73. The topological polar surface area (TPSA) is 87.2 Å². The standard InChI is InChI=1S/C25H36N2O5S/c1-17-14-27(18(2)16-28)33(30,31)24-11-10-21(20-6-4-5-7-20)13-22(24)32-23(17)15-26(3)25(29)12-19-8-9-19/h6,10-11,13,17-19,23,28H,4-5,7-9,12,14-16H2,1-3H3/t17-,18+,23+/m1/s1. The number of carbonyl (C=O) groups is 1. The van der Waals surface area contributed by atoms with Crippen molar-refractivity contribution in [1.29, 1.82) is 0 Å². The van der Waals surface area contributed by atoms with Crippen LogP contribution in [0.25, 0.3) is 5.57 Å². The van der Waals surface area contributed by atoms with Gasteiger partial charge in [0.05, 0.1) is 13.2 Å². The minimum Gasteiger partial charge on any atom is -0.487 e. The Labute approximate surface area is 197 Å². The van der Waals surface area contributed by atoms with Crippen LogP contribution in [0.4, 0.5) is 0 Å². The molecule has 1 amide bonds. The Bertz CT molecular complexity index is 1020. The van der Waals surface area contributed by atoms with Crippen molar-refractivity contribution >= 4 is 21.5 Å². The quantitative estimate of drug-likeness (QED) is 0.653. The lowest BCUT2D eigenvalue weighted by molar-refractivity contribution is -0.131. The molecule has 3 aliphatic rings. The molecule has 182 valence electrons. The highest BCUT2D eigenvalue weighted by Gasteiger charge is 2.38. The van der Waals surface area contributed by atoms with E-state index in [2.05, 4.69) is 6.08 Å². The van der Waals surface area contributed by atoms with Crippen molar-refractivity contribution in [2.45, 2.75) is 69.4 Å². The van der Waals surface area contributed by atoms with E-state index in [1.54, 1.807) is 24.9 Å². The molecular weight excluding hydrogens is 440 g/mol. The molecule has 1 aromatic rings. The first-order chi connectivity index (χ1) is 15.7. The van der Waals surface area contributed by atoms with E-state index in [4.69, 9.17) is 4.74 Å². The largest absolute Gasteiger partial charge is 0.487 e. The summed E-state index contributed by atoms with van der Waals surface area (Å²) in [5.41, 5.74) is 2.19. The number of allylic oxidation sites excluding steroid dienone is 2. The van der Waals surface area contributed by atoms with E-state index in [-0.39, 0.29) is 36.0 Å². The second-order valence-electron chi connectivity index (χ2n) is 9.94. The van der Waals surface area contributed by atoms with Crippen molar-refractivity contribution in [2.24, 2.45) is 11.8 Å². The maximum Gasteiger partial charge on any atom is 0.247 e. The lowest BCUT2D eigenvalue weighted by atomic mass is 10.0. The number of hydrogen-bond acceptors (Lipinski definition) is 5. The average molecular weight is 477 g/mol. The van der Waals surface area contributed by atoms with Crippen LogP contribution in [-0.2, 0) is 14.8 Å². The molecule has 0 aromatic heterocycles. The van der Waals surface area contributed by atoms with Crippen LogP contribution < -0.4 is 4.74 Å². The molecule has 2 aliphatic carbocycles. The maximum absolute atomic E-state index is 13.6. The predicted molar refractivity (Wildman–Crippen MR) is 127 cm³/mol. The summed E-state index contributed by atoms with van der Waals surface area (Å²) in [5, 5.41) is 9.78. The average Bonchev–Trinajstić information content (AvgIpc) is 3.43. The summed E-state index contributed by atoms with van der Waals surface area (Å²) in [4.78, 5) is 14.5. The van der Waals surface area contributed by atoms with Gasteiger partial charge in [0, 0.05) is 32.0 Å². The normalized spacial score (nSPS) is 25.9. The van der Waals surface area contributed by atoms with Crippen LogP contribution in [0, 0.1) is 11.8 Å². The van der Waals surface area contributed by atoms with Crippen molar-refractivity contribution in [3.63, 3.8) is 0 Å². The van der Waals surface area contributed by atoms with Crippen LogP contribution in [0.3, 0.4) is 0 Å². The fraction of sp³-hybridized carbons (Fsp3) is 0.640. The Kier molecular flexibility index (Phi) is 7.17. The van der Waals surface area contributed by atoms with Gasteiger partial charge in [0.1, 0.15) is 16.7 Å². The van der Waals surface area contributed by atoms with E-state index in [0.717, 1.165) is 37.7 Å². The second kappa shape index (κ2) is 9.76. The number of nitrogens with zero attached hydrogens (tertiary/aromatic N) is 2. The third kappa shape index (κ3) is 5.28. The van der Waals surface area contributed by atoms with Crippen molar-refractivity contribution in [3.05, 3.63) is 29.8 Å². The van der Waals surface area contributed by atoms with Gasteiger partial charge in [0.25, 0.3) is 0 Å². The number of sulfonamides is 1. The monoisotopic (exact) mass is 476 g/mol. The van der Waals surface area contributed by atoms with Gasteiger partial charge in [-0.15, -0.1) is 0 Å². The number of ether oxygens (including phenoxy) is 1. The van der Waals surface area contributed by atoms with Gasteiger partial charge < -0.3 is 14.7 Å². The summed E-state index contributed by atoms with van der Waals surface area (Å²) in [7, 11) is -2.06. The zero-order valence-corrected chi connectivity index (χ0v) is 20.7. The summed E-state index contributed by atoms with van der Waals surface area (Å²) in [6, 6.07) is 4.76. The van der Waals surface area contributed by atoms with E-state index in [9.17, 15) is 18.3 Å². The molecule has 7 nitrogen and oxygen atoms in total. The molecule has 0 spiro atoms. The molecule has 1 N–H and O–H groups in total. The third-order valence-corrected chi connectivity index (χ3v) is 9.14. The van der Waals surface area contributed by atoms with E-state index < -0.39 is 16.1 Å². The molecular formula is C25H36N2O5S. The first kappa shape index (κ1) is 24.2. The fourth-order valence-corrected chi connectivity index (χ4v) is 6.50. The number of rotatable bonds is 7. The lowest BCUT2D eigenvalue weighted by Crippen LogP contribution is -2.50. The van der Waals surface area contributed by atoms with Gasteiger partial charge >= 0.3 is 0 Å². The summed E-state index contributed by atoms with van der Waals surface area (Å²) < 4.78 is 34.9. The maximum atomic E-state index is 13.6. The number of amides is 1. The molecule has 1 heterocycles. The van der Waals surface area contributed by atoms with Crippen LogP contribution in [0.5, 0.6) is 5.75 Å². The molecule has 0 bridgehead atoms. The van der Waals surface area contributed by atoms with Gasteiger partial charge in [-0.2, -0.15) is 4.31 Å². The molecule has 3 atom stereocenters. The van der Waals surface area contributed by atoms with Gasteiger partial charge in [-0.05, 0) is 68.2 Å². The first-order valence-corrected chi connectivity index (χ1v) is 13.5. The SMILES string of the molecule is C[C@@H]1CN([C@@H](C)CO)S(=O)(=O)c2ccc(C3=CCCC3)cc2O[C@H]1CN(C)C(=O)CC1CC1. The molecule has 0 saturated heterocycles. The Morgan fingerprint density at radius 3 is 2.73 bits per heavy atom. The molecule has 0 unspecified atom stereocenters. The molecule has 33 heavy (non-hydrogen) atoms. The number of aliphatic hydroxyl groups excluding tert-OH is 1. The van der Waals surface area contributed by atoms with Gasteiger partial charge in [-0.1, -0.05) is 19.1 Å². The molecule has 1 fully saturated rings. The van der Waals surface area contributed by atoms with Crippen molar-refractivity contribution < 1.29 is 23.1 Å². The van der Waals surface area contributed by atoms with Crippen molar-refractivity contribution in [1.82, 2.24) is 9.21 Å². The summed E-state index contributed by atoms with van der Waals surface area (Å²) in [6.45, 7) is 4.00. The van der Waals surface area contributed by atoms with Crippen LogP contribution in [0.2, 0.25) is 0 Å². The molecule has 8 heteroatoms. The highest BCUT2D eigenvalue weighted by atomic mass is 32.2. The summed E-state index contributed by atoms with van der Waals surface area (Å²) >= 11 is 0. The minimum absolute atomic E-state index is 0.105. The van der Waals surface area contributed by atoms with Gasteiger partial charge in [0.2, 0.25) is 15.9 Å². The van der Waals surface area contributed by atoms with E-state index >= 15 is 0 Å². The van der Waals surface area contributed by atoms with Gasteiger partial charge in [-0.25, -0.2) is 8.42 Å². The molecule has 0 radical (unpaired) electrons. The molecule has 1 saturated carbocycles. The van der Waals surface area contributed by atoms with Crippen molar-refractivity contribution in [2.75, 3.05) is 26.7 Å². The minimum atomic E-state index is -3.85. The number of carbonyl (C=O) groups excluding carboxylic acids is 1. The van der Waals surface area contributed by atoms with E-state index in [0.29, 0.717) is 24.6 Å². The zero-order chi connectivity index (χ0) is 23.8. The Hall–Kier alpha value is -1.90. The molecule has 1 aromatic carbocycles. The second-order valence-corrected chi connectivity index (χ2v) is 11.8. The zero-order valence-electron chi connectivity index (χ0n) is 19.9. The van der Waals surface area contributed by atoms with Gasteiger partial charge in [-0.3, -0.25) is 4.79 Å². The number of aliphatic hydroxyl groups is 1. The van der Waals surface area contributed by atoms with Gasteiger partial charge in [0.15, 0.2) is 0 Å². The molecule has 1 aliphatic heterocycles. The van der Waals surface area contributed by atoms with Crippen LogP contribution in [-0.4, -0.2) is 67.5 Å². The van der Waals surface area contributed by atoms with E-state index in [1.807, 2.05) is 19.1 Å². The number of fused-ring (bicyclic) bond motifs is 1. The predicted octanol–water partition coefficient (Wildman–Crippen LogP) is 3.28.